The van der Waals surface area contributed by atoms with Crippen LogP contribution in [0, 0.1) is 0 Å². The molecule has 0 radical (unpaired) electrons. The molecular formula is C14H18ClNO2. The molecule has 0 saturated carbocycles. The molecule has 0 aromatic heterocycles. The van der Waals surface area contributed by atoms with Gasteiger partial charge in [0.05, 0.1) is 11.6 Å². The number of halogens is 1. The molecule has 0 N–H and O–H groups in total. The zero-order valence-electron chi connectivity index (χ0n) is 10.7. The van der Waals surface area contributed by atoms with Gasteiger partial charge in [-0.25, -0.2) is 0 Å². The van der Waals surface area contributed by atoms with E-state index >= 15 is 0 Å². The zero-order valence-corrected chi connectivity index (χ0v) is 11.5. The number of ketones is 1. The van der Waals surface area contributed by atoms with E-state index in [1.54, 1.807) is 12.1 Å². The maximum atomic E-state index is 12.4. The van der Waals surface area contributed by atoms with Gasteiger partial charge in [0.2, 0.25) is 0 Å². The molecule has 1 aliphatic heterocycles. The van der Waals surface area contributed by atoms with E-state index < -0.39 is 6.10 Å². The number of carbonyl (C=O) groups excluding carboxylic acids is 1. The van der Waals surface area contributed by atoms with Crippen LogP contribution in [0.4, 0.5) is 0 Å². The minimum absolute atomic E-state index is 0.0223. The molecule has 0 amide bonds. The fourth-order valence-electron chi connectivity index (χ4n) is 2.13. The van der Waals surface area contributed by atoms with Gasteiger partial charge in [-0.3, -0.25) is 9.69 Å². The summed E-state index contributed by atoms with van der Waals surface area (Å²) >= 11 is 6.05. The second-order valence-electron chi connectivity index (χ2n) is 4.79. The first-order chi connectivity index (χ1) is 8.59. The molecule has 1 aliphatic rings. The number of Topliss-reactive ketones (excluding diaryl/α,β-unsaturated/α-hetero) is 1. The van der Waals surface area contributed by atoms with Crippen LogP contribution in [-0.4, -0.2) is 42.5 Å². The average Bonchev–Trinajstić information content (AvgIpc) is 2.38. The zero-order chi connectivity index (χ0) is 13.1. The Kier molecular flexibility index (Phi) is 4.38. The number of ether oxygens (including phenoxy) is 1. The SMILES string of the molecule is CC(C)N1CCOC(C(=O)c2ccccc2Cl)C1. The first-order valence-electron chi connectivity index (χ1n) is 6.24. The number of benzene rings is 1. The van der Waals surface area contributed by atoms with Crippen LogP contribution >= 0.6 is 11.6 Å². The van der Waals surface area contributed by atoms with Crippen LogP contribution in [0.3, 0.4) is 0 Å². The van der Waals surface area contributed by atoms with Crippen LogP contribution in [0.15, 0.2) is 24.3 Å². The predicted molar refractivity (Wildman–Crippen MR) is 72.2 cm³/mol. The highest BCUT2D eigenvalue weighted by molar-refractivity contribution is 6.34. The van der Waals surface area contributed by atoms with Gasteiger partial charge in [0.15, 0.2) is 5.78 Å². The number of morpholine rings is 1. The van der Waals surface area contributed by atoms with Gasteiger partial charge in [0, 0.05) is 24.7 Å². The summed E-state index contributed by atoms with van der Waals surface area (Å²) in [6.45, 7) is 6.37. The summed E-state index contributed by atoms with van der Waals surface area (Å²) in [5.74, 6) is -0.0223. The molecule has 3 nitrogen and oxygen atoms in total. The summed E-state index contributed by atoms with van der Waals surface area (Å²) in [5, 5.41) is 0.493. The Balaban J connectivity index is 2.12. The summed E-state index contributed by atoms with van der Waals surface area (Å²) in [6.07, 6.45) is -0.402. The van der Waals surface area contributed by atoms with E-state index in [0.29, 0.717) is 29.8 Å². The average molecular weight is 268 g/mol. The molecule has 98 valence electrons. The third-order valence-electron chi connectivity index (χ3n) is 3.26. The largest absolute Gasteiger partial charge is 0.367 e. The van der Waals surface area contributed by atoms with Gasteiger partial charge in [0.25, 0.3) is 0 Å². The predicted octanol–water partition coefficient (Wildman–Crippen LogP) is 2.63. The molecule has 1 aromatic carbocycles. The third-order valence-corrected chi connectivity index (χ3v) is 3.59. The van der Waals surface area contributed by atoms with Crippen LogP contribution in [0.1, 0.15) is 24.2 Å². The smallest absolute Gasteiger partial charge is 0.194 e. The monoisotopic (exact) mass is 267 g/mol. The summed E-state index contributed by atoms with van der Waals surface area (Å²) in [7, 11) is 0. The van der Waals surface area contributed by atoms with Gasteiger partial charge in [-0.1, -0.05) is 23.7 Å². The molecule has 1 unspecified atom stereocenters. The number of hydrogen-bond donors (Lipinski definition) is 0. The van der Waals surface area contributed by atoms with Crippen molar-refractivity contribution in [1.29, 1.82) is 0 Å². The normalized spacial score (nSPS) is 21.2. The molecule has 1 heterocycles. The first kappa shape index (κ1) is 13.5. The van der Waals surface area contributed by atoms with Crippen molar-refractivity contribution in [2.75, 3.05) is 19.7 Å². The summed E-state index contributed by atoms with van der Waals surface area (Å²) in [6, 6.07) is 7.55. The van der Waals surface area contributed by atoms with Crippen LogP contribution < -0.4 is 0 Å². The maximum Gasteiger partial charge on any atom is 0.194 e. The van der Waals surface area contributed by atoms with E-state index in [0.717, 1.165) is 6.54 Å². The third kappa shape index (κ3) is 2.91. The van der Waals surface area contributed by atoms with Gasteiger partial charge in [-0.15, -0.1) is 0 Å². The van der Waals surface area contributed by atoms with E-state index in [9.17, 15) is 4.79 Å². The standard InChI is InChI=1S/C14H18ClNO2/c1-10(2)16-7-8-18-13(9-16)14(17)11-5-3-4-6-12(11)15/h3-6,10,13H,7-9H2,1-2H3. The number of hydrogen-bond acceptors (Lipinski definition) is 3. The summed E-state index contributed by atoms with van der Waals surface area (Å²) in [5.41, 5.74) is 0.551. The van der Waals surface area contributed by atoms with E-state index in [4.69, 9.17) is 16.3 Å². The van der Waals surface area contributed by atoms with Gasteiger partial charge >= 0.3 is 0 Å². The molecule has 0 bridgehead atoms. The molecule has 1 aromatic rings. The van der Waals surface area contributed by atoms with Gasteiger partial charge in [-0.05, 0) is 26.0 Å². The minimum Gasteiger partial charge on any atom is -0.367 e. The lowest BCUT2D eigenvalue weighted by Gasteiger charge is -2.34. The van der Waals surface area contributed by atoms with Crippen molar-refractivity contribution in [3.8, 4) is 0 Å². The quantitative estimate of drug-likeness (QED) is 0.789. The highest BCUT2D eigenvalue weighted by Gasteiger charge is 2.29. The molecular weight excluding hydrogens is 250 g/mol. The topological polar surface area (TPSA) is 29.5 Å². The number of rotatable bonds is 3. The van der Waals surface area contributed by atoms with Crippen LogP contribution in [0.25, 0.3) is 0 Å². The van der Waals surface area contributed by atoms with E-state index in [1.807, 2.05) is 12.1 Å². The molecule has 0 spiro atoms. The van der Waals surface area contributed by atoms with E-state index in [2.05, 4.69) is 18.7 Å². The molecule has 2 rings (SSSR count). The first-order valence-corrected chi connectivity index (χ1v) is 6.62. The van der Waals surface area contributed by atoms with Crippen molar-refractivity contribution in [1.82, 2.24) is 4.90 Å². The van der Waals surface area contributed by atoms with Gasteiger partial charge in [0.1, 0.15) is 6.10 Å². The van der Waals surface area contributed by atoms with Crippen molar-refractivity contribution >= 4 is 17.4 Å². The lowest BCUT2D eigenvalue weighted by Crippen LogP contribution is -2.48. The second-order valence-corrected chi connectivity index (χ2v) is 5.20. The van der Waals surface area contributed by atoms with Gasteiger partial charge in [-0.2, -0.15) is 0 Å². The number of carbonyl (C=O) groups is 1. The molecule has 0 aliphatic carbocycles. The lowest BCUT2D eigenvalue weighted by molar-refractivity contribution is -0.0256. The van der Waals surface area contributed by atoms with Crippen LogP contribution in [-0.2, 0) is 4.74 Å². The van der Waals surface area contributed by atoms with Crippen molar-refractivity contribution in [3.05, 3.63) is 34.9 Å². The molecule has 18 heavy (non-hydrogen) atoms. The van der Waals surface area contributed by atoms with E-state index in [1.165, 1.54) is 0 Å². The number of nitrogens with zero attached hydrogens (tertiary/aromatic N) is 1. The van der Waals surface area contributed by atoms with E-state index in [-0.39, 0.29) is 5.78 Å². The Morgan fingerprint density at radius 2 is 2.17 bits per heavy atom. The lowest BCUT2D eigenvalue weighted by atomic mass is 10.0. The highest BCUT2D eigenvalue weighted by atomic mass is 35.5. The molecule has 1 fully saturated rings. The Labute approximate surface area is 113 Å². The van der Waals surface area contributed by atoms with Crippen LogP contribution in [0.5, 0.6) is 0 Å². The minimum atomic E-state index is -0.402. The fourth-order valence-corrected chi connectivity index (χ4v) is 2.36. The van der Waals surface area contributed by atoms with Crippen molar-refractivity contribution < 1.29 is 9.53 Å². The Morgan fingerprint density at radius 1 is 1.44 bits per heavy atom. The molecule has 1 saturated heterocycles. The maximum absolute atomic E-state index is 12.4. The Morgan fingerprint density at radius 3 is 2.83 bits per heavy atom. The molecule has 4 heteroatoms. The summed E-state index contributed by atoms with van der Waals surface area (Å²) < 4.78 is 5.58. The van der Waals surface area contributed by atoms with Gasteiger partial charge < -0.3 is 4.74 Å². The summed E-state index contributed by atoms with van der Waals surface area (Å²) in [4.78, 5) is 14.6. The Hall–Kier alpha value is -0.900. The molecule has 1 atom stereocenters. The van der Waals surface area contributed by atoms with Crippen molar-refractivity contribution in [2.24, 2.45) is 0 Å². The second kappa shape index (κ2) is 5.83. The highest BCUT2D eigenvalue weighted by Crippen LogP contribution is 2.20. The fraction of sp³-hybridized carbons (Fsp3) is 0.500. The van der Waals surface area contributed by atoms with Crippen molar-refractivity contribution in [2.45, 2.75) is 26.0 Å². The van der Waals surface area contributed by atoms with Crippen LogP contribution in [0.2, 0.25) is 5.02 Å². The Bertz CT molecular complexity index is 434. The van der Waals surface area contributed by atoms with Crippen molar-refractivity contribution in [3.63, 3.8) is 0 Å².